The first-order chi connectivity index (χ1) is 5.89. The Bertz CT molecular complexity index is 322. The average molecular weight is 202 g/mol. The lowest BCUT2D eigenvalue weighted by atomic mass is 9.89. The maximum absolute atomic E-state index is 10.9. The van der Waals surface area contributed by atoms with Crippen molar-refractivity contribution in [3.05, 3.63) is 11.6 Å². The number of hydrogen-bond donors (Lipinski definition) is 0. The van der Waals surface area contributed by atoms with E-state index in [9.17, 15) is 13.2 Å². The van der Waals surface area contributed by atoms with Crippen LogP contribution in [-0.4, -0.2) is 26.2 Å². The van der Waals surface area contributed by atoms with Crippen molar-refractivity contribution in [2.45, 2.75) is 20.3 Å². The van der Waals surface area contributed by atoms with Gasteiger partial charge in [0.05, 0.1) is 16.9 Å². The van der Waals surface area contributed by atoms with Crippen LogP contribution >= 0.6 is 0 Å². The minimum atomic E-state index is -2.91. The van der Waals surface area contributed by atoms with Crippen LogP contribution in [0.25, 0.3) is 0 Å². The van der Waals surface area contributed by atoms with E-state index in [1.165, 1.54) is 0 Å². The summed E-state index contributed by atoms with van der Waals surface area (Å²) in [4.78, 5) is 10.7. The summed E-state index contributed by atoms with van der Waals surface area (Å²) in [6, 6.07) is 0. The molecule has 0 unspecified atom stereocenters. The Morgan fingerprint density at radius 1 is 1.38 bits per heavy atom. The maximum atomic E-state index is 10.9. The Balaban J connectivity index is 2.66. The van der Waals surface area contributed by atoms with Crippen molar-refractivity contribution >= 4 is 16.1 Å². The predicted molar refractivity (Wildman–Crippen MR) is 51.2 cm³/mol. The molecule has 0 N–H and O–H groups in total. The van der Waals surface area contributed by atoms with Gasteiger partial charge in [0, 0.05) is 0 Å². The molecule has 0 amide bonds. The van der Waals surface area contributed by atoms with Gasteiger partial charge in [-0.25, -0.2) is 8.42 Å². The minimum absolute atomic E-state index is 0.0211. The number of allylic oxidation sites excluding steroid dienone is 2. The van der Waals surface area contributed by atoms with Crippen molar-refractivity contribution < 1.29 is 13.2 Å². The highest BCUT2D eigenvalue weighted by molar-refractivity contribution is 7.93. The van der Waals surface area contributed by atoms with Crippen molar-refractivity contribution in [2.24, 2.45) is 5.41 Å². The monoisotopic (exact) mass is 202 g/mol. The van der Waals surface area contributed by atoms with Gasteiger partial charge in [-0.05, 0) is 20.3 Å². The smallest absolute Gasteiger partial charge is 0.152 e. The maximum Gasteiger partial charge on any atom is 0.152 e. The van der Waals surface area contributed by atoms with Crippen LogP contribution in [0.1, 0.15) is 20.3 Å². The zero-order valence-corrected chi connectivity index (χ0v) is 8.73. The van der Waals surface area contributed by atoms with Crippen LogP contribution in [0.4, 0.5) is 0 Å². The highest BCUT2D eigenvalue weighted by Crippen LogP contribution is 2.34. The summed E-state index contributed by atoms with van der Waals surface area (Å²) < 4.78 is 21.9. The highest BCUT2D eigenvalue weighted by Gasteiger charge is 2.47. The zero-order valence-electron chi connectivity index (χ0n) is 7.91. The van der Waals surface area contributed by atoms with E-state index >= 15 is 0 Å². The van der Waals surface area contributed by atoms with Crippen LogP contribution in [0, 0.1) is 5.41 Å². The average Bonchev–Trinajstić information content (AvgIpc) is 1.96. The van der Waals surface area contributed by atoms with Crippen LogP contribution in [0.15, 0.2) is 11.6 Å². The number of carbonyl (C=O) groups is 1. The quantitative estimate of drug-likeness (QED) is 0.506. The molecule has 1 fully saturated rings. The van der Waals surface area contributed by atoms with Gasteiger partial charge in [-0.1, -0.05) is 11.6 Å². The van der Waals surface area contributed by atoms with Crippen LogP contribution in [-0.2, 0) is 14.6 Å². The normalized spacial score (nSPS) is 22.9. The lowest BCUT2D eigenvalue weighted by Crippen LogP contribution is -2.49. The molecule has 0 saturated carbocycles. The van der Waals surface area contributed by atoms with Crippen molar-refractivity contribution in [3.63, 3.8) is 0 Å². The summed E-state index contributed by atoms with van der Waals surface area (Å²) in [5, 5.41) is 0. The summed E-state index contributed by atoms with van der Waals surface area (Å²) in [5.41, 5.74) is 0.501. The molecule has 0 aliphatic carbocycles. The van der Waals surface area contributed by atoms with Crippen LogP contribution in [0.2, 0.25) is 0 Å². The van der Waals surface area contributed by atoms with E-state index in [-0.39, 0.29) is 11.5 Å². The van der Waals surface area contributed by atoms with Gasteiger partial charge in [-0.15, -0.1) is 0 Å². The number of sulfone groups is 1. The van der Waals surface area contributed by atoms with E-state index in [0.29, 0.717) is 6.42 Å². The van der Waals surface area contributed by atoms with Crippen molar-refractivity contribution in [2.75, 3.05) is 11.5 Å². The molecule has 0 aromatic carbocycles. The van der Waals surface area contributed by atoms with E-state index in [1.807, 2.05) is 19.9 Å². The fourth-order valence-electron chi connectivity index (χ4n) is 1.48. The first-order valence-corrected chi connectivity index (χ1v) is 6.01. The number of aldehydes is 1. The molecule has 1 heterocycles. The molecule has 0 atom stereocenters. The second kappa shape index (κ2) is 3.25. The SMILES string of the molecule is CC(C)=CCC1(C=O)CS(=O)(=O)C1. The molecule has 1 rings (SSSR count). The molecule has 1 saturated heterocycles. The molecule has 1 aliphatic heterocycles. The molecule has 3 nitrogen and oxygen atoms in total. The van der Waals surface area contributed by atoms with E-state index in [1.54, 1.807) is 0 Å². The molecular formula is C9H14O3S. The van der Waals surface area contributed by atoms with Gasteiger partial charge in [0.2, 0.25) is 0 Å². The molecule has 0 aromatic rings. The molecule has 4 heteroatoms. The van der Waals surface area contributed by atoms with Crippen molar-refractivity contribution in [1.29, 1.82) is 0 Å². The molecule has 74 valence electrons. The minimum Gasteiger partial charge on any atom is -0.303 e. The summed E-state index contributed by atoms with van der Waals surface area (Å²) >= 11 is 0. The highest BCUT2D eigenvalue weighted by atomic mass is 32.2. The molecule has 0 bridgehead atoms. The number of rotatable bonds is 3. The van der Waals surface area contributed by atoms with E-state index < -0.39 is 15.3 Å². The van der Waals surface area contributed by atoms with Gasteiger partial charge in [0.25, 0.3) is 0 Å². The van der Waals surface area contributed by atoms with Crippen LogP contribution < -0.4 is 0 Å². The molecule has 1 aliphatic rings. The third-order valence-electron chi connectivity index (χ3n) is 2.18. The molecule has 0 aromatic heterocycles. The summed E-state index contributed by atoms with van der Waals surface area (Å²) in [6.07, 6.45) is 3.26. The number of hydrogen-bond acceptors (Lipinski definition) is 3. The van der Waals surface area contributed by atoms with Crippen molar-refractivity contribution in [1.82, 2.24) is 0 Å². The second-order valence-electron chi connectivity index (χ2n) is 4.00. The third kappa shape index (κ3) is 2.40. The predicted octanol–water partition coefficient (Wildman–Crippen LogP) is 0.956. The lowest BCUT2D eigenvalue weighted by molar-refractivity contribution is -0.114. The summed E-state index contributed by atoms with van der Waals surface area (Å²) in [5.74, 6) is 0.0422. The Morgan fingerprint density at radius 2 is 1.92 bits per heavy atom. The Kier molecular flexibility index (Phi) is 2.61. The van der Waals surface area contributed by atoms with Gasteiger partial charge in [-0.2, -0.15) is 0 Å². The first-order valence-electron chi connectivity index (χ1n) is 4.19. The second-order valence-corrected chi connectivity index (χ2v) is 6.06. The topological polar surface area (TPSA) is 51.2 Å². The van der Waals surface area contributed by atoms with Crippen LogP contribution in [0.5, 0.6) is 0 Å². The fourth-order valence-corrected chi connectivity index (χ4v) is 3.51. The Labute approximate surface area is 78.8 Å². The summed E-state index contributed by atoms with van der Waals surface area (Å²) in [7, 11) is -2.91. The lowest BCUT2D eigenvalue weighted by Gasteiger charge is -2.35. The number of carbonyl (C=O) groups excluding carboxylic acids is 1. The van der Waals surface area contributed by atoms with E-state index in [2.05, 4.69) is 0 Å². The largest absolute Gasteiger partial charge is 0.303 e. The standard InChI is InChI=1S/C9H14O3S/c1-8(2)3-4-9(5-10)6-13(11,12)7-9/h3,5H,4,6-7H2,1-2H3. The first kappa shape index (κ1) is 10.4. The van der Waals surface area contributed by atoms with Gasteiger partial charge >= 0.3 is 0 Å². The molecular weight excluding hydrogens is 188 g/mol. The van der Waals surface area contributed by atoms with Crippen molar-refractivity contribution in [3.8, 4) is 0 Å². The fraction of sp³-hybridized carbons (Fsp3) is 0.667. The zero-order chi connectivity index (χ0) is 10.1. The van der Waals surface area contributed by atoms with Gasteiger partial charge in [0.15, 0.2) is 9.84 Å². The summed E-state index contributed by atoms with van der Waals surface area (Å²) in [6.45, 7) is 3.87. The van der Waals surface area contributed by atoms with Gasteiger partial charge in [0.1, 0.15) is 6.29 Å². The van der Waals surface area contributed by atoms with Gasteiger partial charge in [-0.3, -0.25) is 0 Å². The van der Waals surface area contributed by atoms with Crippen LogP contribution in [0.3, 0.4) is 0 Å². The molecule has 0 spiro atoms. The van der Waals surface area contributed by atoms with E-state index in [0.717, 1.165) is 11.9 Å². The Hall–Kier alpha value is -0.640. The van der Waals surface area contributed by atoms with Gasteiger partial charge < -0.3 is 4.79 Å². The van der Waals surface area contributed by atoms with E-state index in [4.69, 9.17) is 0 Å². The molecule has 0 radical (unpaired) electrons. The third-order valence-corrected chi connectivity index (χ3v) is 4.21. The Morgan fingerprint density at radius 3 is 2.23 bits per heavy atom. The molecule has 13 heavy (non-hydrogen) atoms.